The third kappa shape index (κ3) is 2.83. The number of methoxy groups -OCH3 is 1. The molecule has 94 valence electrons. The Morgan fingerprint density at radius 2 is 2.00 bits per heavy atom. The molecular formula is C12H16INO3. The Kier molecular flexibility index (Phi) is 5.04. The third-order valence-electron chi connectivity index (χ3n) is 2.57. The SMILES string of the molecule is CCN(CC)C(=O)c1c(OC)ccc(I)c1O. The van der Waals surface area contributed by atoms with Gasteiger partial charge in [0.1, 0.15) is 17.1 Å². The van der Waals surface area contributed by atoms with Crippen molar-refractivity contribution in [1.29, 1.82) is 0 Å². The molecule has 1 aromatic rings. The number of benzene rings is 1. The van der Waals surface area contributed by atoms with E-state index in [0.717, 1.165) is 0 Å². The van der Waals surface area contributed by atoms with E-state index in [0.29, 0.717) is 22.4 Å². The molecule has 0 aliphatic heterocycles. The van der Waals surface area contributed by atoms with Crippen molar-refractivity contribution >= 4 is 28.5 Å². The molecule has 0 bridgehead atoms. The van der Waals surface area contributed by atoms with E-state index in [4.69, 9.17) is 4.74 Å². The number of rotatable bonds is 4. The van der Waals surface area contributed by atoms with Gasteiger partial charge in [-0.05, 0) is 48.6 Å². The molecule has 0 spiro atoms. The number of nitrogens with zero attached hydrogens (tertiary/aromatic N) is 1. The first-order valence-electron chi connectivity index (χ1n) is 5.41. The van der Waals surface area contributed by atoms with Crippen molar-refractivity contribution in [2.75, 3.05) is 20.2 Å². The molecule has 1 rings (SSSR count). The Morgan fingerprint density at radius 1 is 1.41 bits per heavy atom. The fraction of sp³-hybridized carbons (Fsp3) is 0.417. The number of aromatic hydroxyl groups is 1. The van der Waals surface area contributed by atoms with Crippen molar-refractivity contribution in [3.63, 3.8) is 0 Å². The van der Waals surface area contributed by atoms with Gasteiger partial charge in [0.2, 0.25) is 0 Å². The van der Waals surface area contributed by atoms with Crippen molar-refractivity contribution in [2.45, 2.75) is 13.8 Å². The number of hydrogen-bond acceptors (Lipinski definition) is 3. The molecule has 0 radical (unpaired) electrons. The van der Waals surface area contributed by atoms with Gasteiger partial charge in [0.05, 0.1) is 10.7 Å². The number of carbonyl (C=O) groups excluding carboxylic acids is 1. The zero-order valence-corrected chi connectivity index (χ0v) is 12.3. The van der Waals surface area contributed by atoms with Crippen molar-refractivity contribution in [1.82, 2.24) is 4.90 Å². The average molecular weight is 349 g/mol. The second-order valence-electron chi connectivity index (χ2n) is 3.45. The van der Waals surface area contributed by atoms with E-state index in [9.17, 15) is 9.90 Å². The Labute approximate surface area is 115 Å². The molecule has 1 amide bonds. The van der Waals surface area contributed by atoms with Gasteiger partial charge in [-0.1, -0.05) is 0 Å². The van der Waals surface area contributed by atoms with Gasteiger partial charge in [0.15, 0.2) is 0 Å². The van der Waals surface area contributed by atoms with E-state index in [1.807, 2.05) is 36.4 Å². The van der Waals surface area contributed by atoms with Gasteiger partial charge in [-0.15, -0.1) is 0 Å². The van der Waals surface area contributed by atoms with Gasteiger partial charge in [-0.2, -0.15) is 0 Å². The predicted octanol–water partition coefficient (Wildman–Crippen LogP) is 2.49. The molecule has 0 heterocycles. The lowest BCUT2D eigenvalue weighted by Gasteiger charge is -2.20. The summed E-state index contributed by atoms with van der Waals surface area (Å²) in [5.74, 6) is 0.185. The van der Waals surface area contributed by atoms with Gasteiger partial charge in [-0.3, -0.25) is 4.79 Å². The summed E-state index contributed by atoms with van der Waals surface area (Å²) in [6.45, 7) is 5.00. The van der Waals surface area contributed by atoms with Gasteiger partial charge in [0, 0.05) is 13.1 Å². The maximum absolute atomic E-state index is 12.2. The van der Waals surface area contributed by atoms with Gasteiger partial charge >= 0.3 is 0 Å². The number of halogens is 1. The third-order valence-corrected chi connectivity index (χ3v) is 3.45. The molecule has 0 atom stereocenters. The molecule has 17 heavy (non-hydrogen) atoms. The molecule has 0 saturated carbocycles. The average Bonchev–Trinajstić information content (AvgIpc) is 2.33. The Hall–Kier alpha value is -0.980. The summed E-state index contributed by atoms with van der Waals surface area (Å²) in [5.41, 5.74) is 0.239. The Balaban J connectivity index is 3.28. The lowest BCUT2D eigenvalue weighted by atomic mass is 10.1. The highest BCUT2D eigenvalue weighted by molar-refractivity contribution is 14.1. The summed E-state index contributed by atoms with van der Waals surface area (Å²) in [7, 11) is 1.49. The fourth-order valence-corrected chi connectivity index (χ4v) is 2.04. The summed E-state index contributed by atoms with van der Waals surface area (Å²) < 4.78 is 5.77. The van der Waals surface area contributed by atoms with E-state index in [1.54, 1.807) is 17.0 Å². The number of ether oxygens (including phenoxy) is 1. The monoisotopic (exact) mass is 349 g/mol. The van der Waals surface area contributed by atoms with Crippen LogP contribution in [0.3, 0.4) is 0 Å². The molecule has 0 unspecified atom stereocenters. The standard InChI is InChI=1S/C12H16INO3/c1-4-14(5-2)12(16)10-9(17-3)7-6-8(13)11(10)15/h6-7,15H,4-5H2,1-3H3. The zero-order chi connectivity index (χ0) is 13.0. The first kappa shape index (κ1) is 14.1. The van der Waals surface area contributed by atoms with Crippen molar-refractivity contribution < 1.29 is 14.6 Å². The predicted molar refractivity (Wildman–Crippen MR) is 74.6 cm³/mol. The van der Waals surface area contributed by atoms with Crippen LogP contribution in [-0.2, 0) is 0 Å². The number of carbonyl (C=O) groups is 1. The number of phenols is 1. The first-order chi connectivity index (χ1) is 8.06. The van der Waals surface area contributed by atoms with Crippen LogP contribution in [0.2, 0.25) is 0 Å². The van der Waals surface area contributed by atoms with Gasteiger partial charge < -0.3 is 14.7 Å². The molecular weight excluding hydrogens is 333 g/mol. The first-order valence-corrected chi connectivity index (χ1v) is 6.49. The van der Waals surface area contributed by atoms with E-state index >= 15 is 0 Å². The molecule has 0 aliphatic rings. The van der Waals surface area contributed by atoms with Crippen LogP contribution >= 0.6 is 22.6 Å². The van der Waals surface area contributed by atoms with Crippen LogP contribution < -0.4 is 4.74 Å². The van der Waals surface area contributed by atoms with Crippen molar-refractivity contribution in [3.05, 3.63) is 21.3 Å². The zero-order valence-electron chi connectivity index (χ0n) is 10.2. The molecule has 0 aliphatic carbocycles. The normalized spacial score (nSPS) is 10.1. The van der Waals surface area contributed by atoms with Crippen LogP contribution in [0.5, 0.6) is 11.5 Å². The van der Waals surface area contributed by atoms with Crippen LogP contribution in [0.25, 0.3) is 0 Å². The van der Waals surface area contributed by atoms with E-state index in [1.165, 1.54) is 7.11 Å². The van der Waals surface area contributed by atoms with Crippen molar-refractivity contribution in [2.24, 2.45) is 0 Å². The Morgan fingerprint density at radius 3 is 2.47 bits per heavy atom. The summed E-state index contributed by atoms with van der Waals surface area (Å²) in [5, 5.41) is 9.98. The van der Waals surface area contributed by atoms with Crippen LogP contribution in [0, 0.1) is 3.57 Å². The largest absolute Gasteiger partial charge is 0.506 e. The molecule has 1 aromatic carbocycles. The summed E-state index contributed by atoms with van der Waals surface area (Å²) >= 11 is 1.99. The topological polar surface area (TPSA) is 49.8 Å². The molecule has 4 nitrogen and oxygen atoms in total. The quantitative estimate of drug-likeness (QED) is 0.850. The van der Waals surface area contributed by atoms with Crippen LogP contribution in [0.1, 0.15) is 24.2 Å². The lowest BCUT2D eigenvalue weighted by Crippen LogP contribution is -2.30. The minimum absolute atomic E-state index is 0.0122. The maximum atomic E-state index is 12.2. The number of hydrogen-bond donors (Lipinski definition) is 1. The lowest BCUT2D eigenvalue weighted by molar-refractivity contribution is 0.0766. The van der Waals surface area contributed by atoms with Gasteiger partial charge in [0.25, 0.3) is 5.91 Å². The minimum atomic E-state index is -0.206. The summed E-state index contributed by atoms with van der Waals surface area (Å²) in [6, 6.07) is 3.41. The smallest absolute Gasteiger partial charge is 0.261 e. The molecule has 0 saturated heterocycles. The summed E-state index contributed by atoms with van der Waals surface area (Å²) in [6.07, 6.45) is 0. The van der Waals surface area contributed by atoms with Crippen LogP contribution in [-0.4, -0.2) is 36.1 Å². The van der Waals surface area contributed by atoms with E-state index < -0.39 is 0 Å². The number of phenolic OH excluding ortho intramolecular Hbond substituents is 1. The highest BCUT2D eigenvalue weighted by atomic mass is 127. The van der Waals surface area contributed by atoms with E-state index in [-0.39, 0.29) is 17.2 Å². The van der Waals surface area contributed by atoms with E-state index in [2.05, 4.69) is 0 Å². The minimum Gasteiger partial charge on any atom is -0.506 e. The second kappa shape index (κ2) is 6.09. The highest BCUT2D eigenvalue weighted by Crippen LogP contribution is 2.33. The molecule has 5 heteroatoms. The van der Waals surface area contributed by atoms with Crippen molar-refractivity contribution in [3.8, 4) is 11.5 Å². The molecule has 1 N–H and O–H groups in total. The number of amides is 1. The van der Waals surface area contributed by atoms with Gasteiger partial charge in [-0.25, -0.2) is 0 Å². The highest BCUT2D eigenvalue weighted by Gasteiger charge is 2.22. The molecule has 0 fully saturated rings. The fourth-order valence-electron chi connectivity index (χ4n) is 1.59. The van der Waals surface area contributed by atoms with Crippen LogP contribution in [0.15, 0.2) is 12.1 Å². The Bertz CT molecular complexity index is 416. The summed E-state index contributed by atoms with van der Waals surface area (Å²) in [4.78, 5) is 13.9. The maximum Gasteiger partial charge on any atom is 0.261 e. The second-order valence-corrected chi connectivity index (χ2v) is 4.61. The molecule has 0 aromatic heterocycles. The van der Waals surface area contributed by atoms with Crippen LogP contribution in [0.4, 0.5) is 0 Å².